The fourth-order valence-electron chi connectivity index (χ4n) is 2.13. The van der Waals surface area contributed by atoms with Crippen molar-refractivity contribution in [1.82, 2.24) is 14.5 Å². The lowest BCUT2D eigenvalue weighted by molar-refractivity contribution is -0.131. The van der Waals surface area contributed by atoms with Crippen molar-refractivity contribution in [2.75, 3.05) is 13.1 Å². The number of halogens is 1. The quantitative estimate of drug-likeness (QED) is 0.787. The molecule has 0 atom stereocenters. The van der Waals surface area contributed by atoms with E-state index in [1.165, 1.54) is 17.1 Å². The maximum atomic E-state index is 12.1. The van der Waals surface area contributed by atoms with Gasteiger partial charge in [-0.3, -0.25) is 4.79 Å². The van der Waals surface area contributed by atoms with E-state index < -0.39 is 9.05 Å². The van der Waals surface area contributed by atoms with Crippen molar-refractivity contribution in [3.8, 4) is 0 Å². The minimum Gasteiger partial charge on any atom is -0.341 e. The first kappa shape index (κ1) is 14.3. The van der Waals surface area contributed by atoms with Gasteiger partial charge in [-0.1, -0.05) is 12.8 Å². The lowest BCUT2D eigenvalue weighted by Gasteiger charge is -2.20. The summed E-state index contributed by atoms with van der Waals surface area (Å²) in [6, 6.07) is 0. The smallest absolute Gasteiger partial charge is 0.280 e. The molecule has 1 fully saturated rings. The van der Waals surface area contributed by atoms with Crippen LogP contribution in [0.4, 0.5) is 0 Å². The molecule has 1 amide bonds. The number of hydrogen-bond donors (Lipinski definition) is 0. The van der Waals surface area contributed by atoms with Crippen LogP contribution >= 0.6 is 10.7 Å². The van der Waals surface area contributed by atoms with E-state index in [0.29, 0.717) is 0 Å². The molecule has 2 rings (SSSR count). The van der Waals surface area contributed by atoms with Gasteiger partial charge in [0.25, 0.3) is 9.05 Å². The maximum absolute atomic E-state index is 12.1. The number of nitrogens with zero attached hydrogens (tertiary/aromatic N) is 3. The lowest BCUT2D eigenvalue weighted by Crippen LogP contribution is -2.34. The Morgan fingerprint density at radius 2 is 1.89 bits per heavy atom. The number of hydrogen-bond acceptors (Lipinski definition) is 4. The van der Waals surface area contributed by atoms with Gasteiger partial charge in [0, 0.05) is 30.0 Å². The zero-order valence-electron chi connectivity index (χ0n) is 10.5. The molecular formula is C11H16ClN3O3S. The molecule has 0 spiro atoms. The molecule has 0 radical (unpaired) electrons. The van der Waals surface area contributed by atoms with Crippen LogP contribution < -0.4 is 0 Å². The zero-order chi connectivity index (χ0) is 13.9. The van der Waals surface area contributed by atoms with Crippen molar-refractivity contribution in [1.29, 1.82) is 0 Å². The summed E-state index contributed by atoms with van der Waals surface area (Å²) < 4.78 is 23.6. The zero-order valence-corrected chi connectivity index (χ0v) is 12.0. The third-order valence-corrected chi connectivity index (χ3v) is 4.32. The van der Waals surface area contributed by atoms with Crippen LogP contribution in [0.1, 0.15) is 25.7 Å². The average Bonchev–Trinajstić information content (AvgIpc) is 2.63. The lowest BCUT2D eigenvalue weighted by atomic mass is 10.2. The van der Waals surface area contributed by atoms with Crippen molar-refractivity contribution in [2.45, 2.75) is 37.3 Å². The van der Waals surface area contributed by atoms with Crippen molar-refractivity contribution in [2.24, 2.45) is 0 Å². The molecule has 106 valence electrons. The fraction of sp³-hybridized carbons (Fsp3) is 0.636. The molecule has 1 aromatic heterocycles. The number of rotatable bonds is 3. The van der Waals surface area contributed by atoms with E-state index in [4.69, 9.17) is 10.7 Å². The third-order valence-electron chi connectivity index (χ3n) is 3.14. The molecule has 0 N–H and O–H groups in total. The maximum Gasteiger partial charge on any atom is 0.280 e. The second-order valence-electron chi connectivity index (χ2n) is 4.62. The highest BCUT2D eigenvalue weighted by Crippen LogP contribution is 2.13. The van der Waals surface area contributed by atoms with Gasteiger partial charge in [-0.15, -0.1) is 0 Å². The first-order valence-corrected chi connectivity index (χ1v) is 8.52. The van der Waals surface area contributed by atoms with Gasteiger partial charge < -0.3 is 9.47 Å². The largest absolute Gasteiger partial charge is 0.341 e. The molecule has 1 aliphatic heterocycles. The Kier molecular flexibility index (Phi) is 4.46. The number of aromatic nitrogens is 2. The monoisotopic (exact) mass is 305 g/mol. The summed E-state index contributed by atoms with van der Waals surface area (Å²) in [5.41, 5.74) is 0. The van der Waals surface area contributed by atoms with Crippen LogP contribution in [-0.2, 0) is 20.4 Å². The van der Waals surface area contributed by atoms with E-state index in [0.717, 1.165) is 38.8 Å². The van der Waals surface area contributed by atoms with Crippen molar-refractivity contribution >= 4 is 25.6 Å². The molecule has 2 heterocycles. The summed E-state index contributed by atoms with van der Waals surface area (Å²) in [7, 11) is 1.35. The summed E-state index contributed by atoms with van der Waals surface area (Å²) in [6.45, 7) is 1.64. The molecule has 0 aliphatic carbocycles. The van der Waals surface area contributed by atoms with Crippen LogP contribution in [-0.4, -0.2) is 41.9 Å². The van der Waals surface area contributed by atoms with E-state index in [1.807, 2.05) is 4.90 Å². The van der Waals surface area contributed by atoms with Crippen molar-refractivity contribution < 1.29 is 13.2 Å². The Morgan fingerprint density at radius 1 is 1.26 bits per heavy atom. The number of amides is 1. The standard InChI is InChI=1S/C11H16ClN3O3S/c12-19(17,18)10-7-14(9-13-10)8-11(16)15-5-3-1-2-4-6-15/h7,9H,1-6,8H2. The van der Waals surface area contributed by atoms with Crippen LogP contribution in [0.15, 0.2) is 17.6 Å². The van der Waals surface area contributed by atoms with E-state index in [2.05, 4.69) is 4.98 Å². The molecule has 1 aromatic rings. The van der Waals surface area contributed by atoms with Gasteiger partial charge in [0.1, 0.15) is 6.54 Å². The van der Waals surface area contributed by atoms with E-state index in [-0.39, 0.29) is 17.5 Å². The fourth-order valence-corrected chi connectivity index (χ4v) is 2.80. The Hall–Kier alpha value is -1.08. The van der Waals surface area contributed by atoms with Crippen molar-refractivity contribution in [3.63, 3.8) is 0 Å². The molecule has 6 nitrogen and oxygen atoms in total. The third kappa shape index (κ3) is 3.94. The Balaban J connectivity index is 2.00. The molecule has 1 saturated heterocycles. The molecule has 0 bridgehead atoms. The van der Waals surface area contributed by atoms with Gasteiger partial charge >= 0.3 is 0 Å². The SMILES string of the molecule is O=C(Cn1cnc(S(=O)(=O)Cl)c1)N1CCCCCC1. The summed E-state index contributed by atoms with van der Waals surface area (Å²) in [5, 5.41) is -0.224. The number of carbonyl (C=O) groups excluding carboxylic acids is 1. The average molecular weight is 306 g/mol. The van der Waals surface area contributed by atoms with Gasteiger partial charge in [0.15, 0.2) is 5.03 Å². The predicted octanol–water partition coefficient (Wildman–Crippen LogP) is 1.21. The highest BCUT2D eigenvalue weighted by molar-refractivity contribution is 8.13. The number of imidazole rings is 1. The van der Waals surface area contributed by atoms with E-state index in [1.54, 1.807) is 0 Å². The Labute approximate surface area is 116 Å². The first-order valence-electron chi connectivity index (χ1n) is 6.21. The Morgan fingerprint density at radius 3 is 2.42 bits per heavy atom. The topological polar surface area (TPSA) is 72.3 Å². The van der Waals surface area contributed by atoms with Crippen LogP contribution in [0.25, 0.3) is 0 Å². The summed E-state index contributed by atoms with van der Waals surface area (Å²) in [5.74, 6) is -0.0159. The first-order chi connectivity index (χ1) is 8.97. The second-order valence-corrected chi connectivity index (χ2v) is 7.13. The Bertz CT molecular complexity index is 547. The van der Waals surface area contributed by atoms with Gasteiger partial charge in [0.2, 0.25) is 5.91 Å². The van der Waals surface area contributed by atoms with Crippen LogP contribution in [0.3, 0.4) is 0 Å². The van der Waals surface area contributed by atoms with Gasteiger partial charge in [-0.05, 0) is 12.8 Å². The second kappa shape index (κ2) is 5.92. The highest BCUT2D eigenvalue weighted by Gasteiger charge is 2.18. The van der Waals surface area contributed by atoms with E-state index >= 15 is 0 Å². The highest BCUT2D eigenvalue weighted by atomic mass is 35.7. The van der Waals surface area contributed by atoms with Gasteiger partial charge in [0.05, 0.1) is 6.33 Å². The molecule has 1 aliphatic rings. The summed E-state index contributed by atoms with van der Waals surface area (Å²) in [4.78, 5) is 17.6. The molecular weight excluding hydrogens is 290 g/mol. The summed E-state index contributed by atoms with van der Waals surface area (Å²) in [6.07, 6.45) is 6.95. The van der Waals surface area contributed by atoms with Gasteiger partial charge in [-0.25, -0.2) is 13.4 Å². The van der Waals surface area contributed by atoms with E-state index in [9.17, 15) is 13.2 Å². The predicted molar refractivity (Wildman–Crippen MR) is 70.3 cm³/mol. The van der Waals surface area contributed by atoms with Crippen LogP contribution in [0.2, 0.25) is 0 Å². The molecule has 0 unspecified atom stereocenters. The molecule has 0 saturated carbocycles. The number of likely N-dealkylation sites (tertiary alicyclic amines) is 1. The van der Waals surface area contributed by atoms with Crippen LogP contribution in [0, 0.1) is 0 Å². The van der Waals surface area contributed by atoms with Gasteiger partial charge in [-0.2, -0.15) is 0 Å². The minimum atomic E-state index is -3.83. The number of carbonyl (C=O) groups is 1. The molecule has 0 aromatic carbocycles. The summed E-state index contributed by atoms with van der Waals surface area (Å²) >= 11 is 0. The van der Waals surface area contributed by atoms with Crippen LogP contribution in [0.5, 0.6) is 0 Å². The van der Waals surface area contributed by atoms with Crippen molar-refractivity contribution in [3.05, 3.63) is 12.5 Å². The molecule has 8 heteroatoms. The molecule has 19 heavy (non-hydrogen) atoms. The normalized spacial score (nSPS) is 17.2. The minimum absolute atomic E-state index is 0.0159.